The zero-order valence-electron chi connectivity index (χ0n) is 32.2. The molecular formula is C34H61N8O13P. The highest BCUT2D eigenvalue weighted by Gasteiger charge is 2.32. The summed E-state index contributed by atoms with van der Waals surface area (Å²) >= 11 is 0. The van der Waals surface area contributed by atoms with Crippen LogP contribution in [0, 0.1) is 5.92 Å². The third-order valence-corrected chi connectivity index (χ3v) is 9.99. The SMILES string of the molecule is CCP(=O)(O)OC1CCC(C(=O)Nc2ccc(CC(C(=O)NCCOCCON)N(CC(=O)NCCOCCON)CC(=O)NCCOCCON)cc2)CC1. The van der Waals surface area contributed by atoms with E-state index in [2.05, 4.69) is 35.8 Å². The number of anilines is 1. The second-order valence-corrected chi connectivity index (χ2v) is 14.9. The van der Waals surface area contributed by atoms with Gasteiger partial charge in [-0.25, -0.2) is 17.7 Å². The lowest BCUT2D eigenvalue weighted by Gasteiger charge is -2.30. The first-order valence-electron chi connectivity index (χ1n) is 18.6. The number of nitrogens with one attached hydrogen (secondary N) is 4. The molecule has 0 aliphatic heterocycles. The fraction of sp³-hybridized carbons (Fsp3) is 0.706. The number of hydrogen-bond donors (Lipinski definition) is 8. The lowest BCUT2D eigenvalue weighted by molar-refractivity contribution is -0.131. The fourth-order valence-corrected chi connectivity index (χ4v) is 6.42. The molecule has 0 saturated heterocycles. The van der Waals surface area contributed by atoms with E-state index >= 15 is 0 Å². The summed E-state index contributed by atoms with van der Waals surface area (Å²) in [5.74, 6) is 13.2. The quantitative estimate of drug-likeness (QED) is 0.0245. The number of benzene rings is 1. The van der Waals surface area contributed by atoms with Crippen molar-refractivity contribution in [1.29, 1.82) is 0 Å². The minimum absolute atomic E-state index is 0.0318. The van der Waals surface area contributed by atoms with Crippen molar-refractivity contribution in [2.45, 2.75) is 51.2 Å². The second kappa shape index (κ2) is 29.1. The smallest absolute Gasteiger partial charge is 0.328 e. The zero-order chi connectivity index (χ0) is 41.0. The Morgan fingerprint density at radius 1 is 0.750 bits per heavy atom. The van der Waals surface area contributed by atoms with Crippen molar-refractivity contribution in [3.8, 4) is 0 Å². The van der Waals surface area contributed by atoms with E-state index in [-0.39, 0.29) is 123 Å². The van der Waals surface area contributed by atoms with Crippen molar-refractivity contribution in [2.24, 2.45) is 23.6 Å². The molecule has 56 heavy (non-hydrogen) atoms. The minimum Gasteiger partial charge on any atom is -0.377 e. The molecule has 0 heterocycles. The van der Waals surface area contributed by atoms with Gasteiger partial charge in [-0.15, -0.1) is 0 Å². The van der Waals surface area contributed by atoms with Crippen molar-refractivity contribution >= 4 is 36.9 Å². The Hall–Kier alpha value is -3.15. The summed E-state index contributed by atoms with van der Waals surface area (Å²) < 4.78 is 33.4. The molecule has 1 fully saturated rings. The highest BCUT2D eigenvalue weighted by Crippen LogP contribution is 2.45. The van der Waals surface area contributed by atoms with Crippen LogP contribution in [0.1, 0.15) is 38.2 Å². The van der Waals surface area contributed by atoms with E-state index in [0.717, 1.165) is 0 Å². The lowest BCUT2D eigenvalue weighted by Crippen LogP contribution is -2.54. The van der Waals surface area contributed by atoms with Gasteiger partial charge in [0.1, 0.15) is 0 Å². The van der Waals surface area contributed by atoms with Gasteiger partial charge in [0.25, 0.3) is 0 Å². The zero-order valence-corrected chi connectivity index (χ0v) is 33.1. The van der Waals surface area contributed by atoms with Crippen molar-refractivity contribution in [3.63, 3.8) is 0 Å². The molecule has 22 heteroatoms. The normalized spacial score (nSPS) is 17.2. The molecule has 21 nitrogen and oxygen atoms in total. The molecule has 2 rings (SSSR count). The summed E-state index contributed by atoms with van der Waals surface area (Å²) in [5, 5.41) is 11.2. The van der Waals surface area contributed by atoms with Gasteiger partial charge in [0, 0.05) is 37.4 Å². The Kier molecular flexibility index (Phi) is 25.5. The Morgan fingerprint density at radius 3 is 1.70 bits per heavy atom. The van der Waals surface area contributed by atoms with Crippen LogP contribution in [0.2, 0.25) is 0 Å². The first-order chi connectivity index (χ1) is 27.0. The van der Waals surface area contributed by atoms with Crippen LogP contribution in [0.4, 0.5) is 5.69 Å². The van der Waals surface area contributed by atoms with Crippen LogP contribution in [-0.4, -0.2) is 144 Å². The first-order valence-corrected chi connectivity index (χ1v) is 20.4. The molecule has 4 amide bonds. The fourth-order valence-electron chi connectivity index (χ4n) is 5.59. The predicted octanol–water partition coefficient (Wildman–Crippen LogP) is -1.31. The Bertz CT molecular complexity index is 1300. The Labute approximate surface area is 327 Å². The number of carbonyl (C=O) groups is 4. The Morgan fingerprint density at radius 2 is 1.23 bits per heavy atom. The van der Waals surface area contributed by atoms with Crippen LogP contribution in [-0.2, 0) is 63.4 Å². The van der Waals surface area contributed by atoms with Crippen LogP contribution in [0.25, 0.3) is 0 Å². The van der Waals surface area contributed by atoms with Gasteiger partial charge in [0.05, 0.1) is 84.7 Å². The highest BCUT2D eigenvalue weighted by atomic mass is 31.2. The average molecular weight is 821 g/mol. The monoisotopic (exact) mass is 820 g/mol. The summed E-state index contributed by atoms with van der Waals surface area (Å²) in [6.07, 6.45) is 1.81. The molecule has 2 unspecified atom stereocenters. The van der Waals surface area contributed by atoms with E-state index in [1.165, 1.54) is 4.90 Å². The van der Waals surface area contributed by atoms with Gasteiger partial charge >= 0.3 is 7.60 Å². The largest absolute Gasteiger partial charge is 0.377 e. The van der Waals surface area contributed by atoms with E-state index in [4.69, 9.17) is 36.4 Å². The molecule has 0 spiro atoms. The van der Waals surface area contributed by atoms with Crippen molar-refractivity contribution in [3.05, 3.63) is 29.8 Å². The molecule has 0 bridgehead atoms. The van der Waals surface area contributed by atoms with Gasteiger partial charge in [-0.1, -0.05) is 19.1 Å². The molecule has 1 aromatic rings. The molecule has 0 aromatic heterocycles. The maximum absolute atomic E-state index is 13.8. The molecule has 1 aromatic carbocycles. The summed E-state index contributed by atoms with van der Waals surface area (Å²) in [6.45, 7) is 3.24. The number of amides is 4. The molecule has 2 atom stereocenters. The van der Waals surface area contributed by atoms with Gasteiger partial charge in [-0.05, 0) is 49.8 Å². The highest BCUT2D eigenvalue weighted by molar-refractivity contribution is 7.52. The third kappa shape index (κ3) is 21.4. The van der Waals surface area contributed by atoms with Crippen LogP contribution in [0.5, 0.6) is 0 Å². The van der Waals surface area contributed by atoms with Crippen LogP contribution < -0.4 is 39.0 Å². The maximum Gasteiger partial charge on any atom is 0.328 e. The average Bonchev–Trinajstić information content (AvgIpc) is 3.18. The van der Waals surface area contributed by atoms with Gasteiger partial charge in [0.2, 0.25) is 23.6 Å². The second-order valence-electron chi connectivity index (χ2n) is 12.8. The lowest BCUT2D eigenvalue weighted by atomic mass is 9.87. The summed E-state index contributed by atoms with van der Waals surface area (Å²) in [5.41, 5.74) is 1.23. The maximum atomic E-state index is 13.8. The van der Waals surface area contributed by atoms with Gasteiger partial charge in [-0.2, -0.15) is 0 Å². The van der Waals surface area contributed by atoms with Crippen molar-refractivity contribution < 1.29 is 61.9 Å². The van der Waals surface area contributed by atoms with E-state index in [1.807, 2.05) is 0 Å². The molecule has 1 saturated carbocycles. The number of nitrogens with two attached hydrogens (primary N) is 3. The molecule has 11 N–H and O–H groups in total. The van der Waals surface area contributed by atoms with Gasteiger partial charge in [0.15, 0.2) is 0 Å². The molecule has 320 valence electrons. The Balaban J connectivity index is 2.16. The summed E-state index contributed by atoms with van der Waals surface area (Å²) in [4.78, 5) is 77.8. The van der Waals surface area contributed by atoms with E-state index < -0.39 is 31.4 Å². The van der Waals surface area contributed by atoms with E-state index in [1.54, 1.807) is 31.2 Å². The minimum atomic E-state index is -3.62. The molecule has 1 aliphatic rings. The summed E-state index contributed by atoms with van der Waals surface area (Å²) in [6, 6.07) is 5.94. The van der Waals surface area contributed by atoms with Crippen LogP contribution >= 0.6 is 7.60 Å². The number of carbonyl (C=O) groups excluding carboxylic acids is 4. The molecule has 0 radical (unpaired) electrons. The molecule has 1 aliphatic carbocycles. The predicted molar refractivity (Wildman–Crippen MR) is 203 cm³/mol. The third-order valence-electron chi connectivity index (χ3n) is 8.57. The van der Waals surface area contributed by atoms with Crippen molar-refractivity contribution in [2.75, 3.05) is 104 Å². The van der Waals surface area contributed by atoms with Crippen LogP contribution in [0.15, 0.2) is 24.3 Å². The summed E-state index contributed by atoms with van der Waals surface area (Å²) in [7, 11) is -3.62. The number of ether oxygens (including phenoxy) is 3. The number of hydrogen-bond acceptors (Lipinski definition) is 16. The first kappa shape index (κ1) is 49.0. The standard InChI is InChI=1S/C34H61N8O13P/c1-2-56(47,48)55-29-9-5-27(6-10-29)33(45)41-28-7-3-26(4-8-28)23-30(34(46)40-13-16-51-19-22-54-37)42(24-31(43)38-11-14-49-17-20-52-35)25-32(44)39-12-15-50-18-21-53-36/h3-4,7-8,27,29-30H,2,5-6,9-25,35-37H2,1H3,(H,38,43)(H,39,44)(H,40,46)(H,41,45)(H,47,48). The molecular weight excluding hydrogens is 759 g/mol. The van der Waals surface area contributed by atoms with E-state index in [0.29, 0.717) is 36.9 Å². The van der Waals surface area contributed by atoms with Gasteiger partial charge in [-0.3, -0.25) is 28.6 Å². The van der Waals surface area contributed by atoms with E-state index in [9.17, 15) is 28.6 Å². The topological polar surface area (TPSA) is 300 Å². The van der Waals surface area contributed by atoms with Gasteiger partial charge < -0.3 is 59.4 Å². The number of nitrogens with zero attached hydrogens (tertiary/aromatic N) is 1. The number of rotatable bonds is 31. The van der Waals surface area contributed by atoms with Crippen LogP contribution in [0.3, 0.4) is 0 Å². The van der Waals surface area contributed by atoms with Crippen molar-refractivity contribution in [1.82, 2.24) is 20.9 Å².